The van der Waals surface area contributed by atoms with Crippen molar-refractivity contribution in [3.05, 3.63) is 102 Å². The first-order valence-corrected chi connectivity index (χ1v) is 10.6. The van der Waals surface area contributed by atoms with Crippen LogP contribution in [-0.2, 0) is 0 Å². The SMILES string of the molecule is COc1ccc(C(=O)Oc2ccc3ccccc3c2/C=N/NC(=S)Nc2ccccc2)cc1. The summed E-state index contributed by atoms with van der Waals surface area (Å²) in [7, 11) is 1.57. The number of para-hydroxylation sites is 1. The third kappa shape index (κ3) is 5.53. The van der Waals surface area contributed by atoms with E-state index in [1.807, 2.05) is 60.7 Å². The fraction of sp³-hybridized carbons (Fsp3) is 0.0385. The minimum absolute atomic E-state index is 0.342. The molecule has 6 nitrogen and oxygen atoms in total. The van der Waals surface area contributed by atoms with Crippen LogP contribution in [0.3, 0.4) is 0 Å². The maximum Gasteiger partial charge on any atom is 0.343 e. The molecule has 4 rings (SSSR count). The van der Waals surface area contributed by atoms with Gasteiger partial charge in [-0.15, -0.1) is 0 Å². The predicted molar refractivity (Wildman–Crippen MR) is 135 cm³/mol. The number of fused-ring (bicyclic) bond motifs is 1. The summed E-state index contributed by atoms with van der Waals surface area (Å²) < 4.78 is 10.9. The van der Waals surface area contributed by atoms with Gasteiger partial charge < -0.3 is 14.8 Å². The number of hydrogen-bond donors (Lipinski definition) is 2. The maximum absolute atomic E-state index is 12.7. The predicted octanol–water partition coefficient (Wildman–Crippen LogP) is 5.39. The van der Waals surface area contributed by atoms with Crippen LogP contribution in [0.1, 0.15) is 15.9 Å². The van der Waals surface area contributed by atoms with Gasteiger partial charge in [0.15, 0.2) is 5.11 Å². The molecule has 0 unspecified atom stereocenters. The molecule has 0 fully saturated rings. The second kappa shape index (κ2) is 10.4. The number of carbonyl (C=O) groups excluding carboxylic acids is 1. The summed E-state index contributed by atoms with van der Waals surface area (Å²) in [6.07, 6.45) is 1.60. The van der Waals surface area contributed by atoms with Crippen molar-refractivity contribution in [3.8, 4) is 11.5 Å². The highest BCUT2D eigenvalue weighted by Gasteiger charge is 2.13. The first kappa shape index (κ1) is 22.0. The maximum atomic E-state index is 12.7. The highest BCUT2D eigenvalue weighted by Crippen LogP contribution is 2.27. The van der Waals surface area contributed by atoms with Crippen LogP contribution in [0.25, 0.3) is 10.8 Å². The van der Waals surface area contributed by atoms with Crippen molar-refractivity contribution >= 4 is 46.0 Å². The summed E-state index contributed by atoms with van der Waals surface area (Å²) in [5.74, 6) is 0.579. The molecular formula is C26H21N3O3S. The molecule has 0 radical (unpaired) electrons. The van der Waals surface area contributed by atoms with Crippen molar-refractivity contribution in [3.63, 3.8) is 0 Å². The molecule has 0 aliphatic rings. The summed E-state index contributed by atoms with van der Waals surface area (Å²) in [6, 6.07) is 27.7. The van der Waals surface area contributed by atoms with Crippen LogP contribution in [-0.4, -0.2) is 24.4 Å². The van der Waals surface area contributed by atoms with Crippen molar-refractivity contribution in [2.45, 2.75) is 0 Å². The number of rotatable bonds is 6. The van der Waals surface area contributed by atoms with Crippen LogP contribution in [0.5, 0.6) is 11.5 Å². The Labute approximate surface area is 196 Å². The van der Waals surface area contributed by atoms with Crippen molar-refractivity contribution in [1.82, 2.24) is 5.43 Å². The third-order valence-electron chi connectivity index (χ3n) is 4.85. The van der Waals surface area contributed by atoms with Crippen molar-refractivity contribution < 1.29 is 14.3 Å². The van der Waals surface area contributed by atoms with E-state index in [9.17, 15) is 4.79 Å². The number of hydrazone groups is 1. The lowest BCUT2D eigenvalue weighted by molar-refractivity contribution is 0.0734. The minimum atomic E-state index is -0.475. The summed E-state index contributed by atoms with van der Waals surface area (Å²) >= 11 is 5.30. The van der Waals surface area contributed by atoms with E-state index in [1.54, 1.807) is 43.7 Å². The molecule has 0 bridgehead atoms. The number of hydrogen-bond acceptors (Lipinski definition) is 5. The van der Waals surface area contributed by atoms with Crippen LogP contribution < -0.4 is 20.2 Å². The van der Waals surface area contributed by atoms with Crippen molar-refractivity contribution in [2.24, 2.45) is 5.10 Å². The molecule has 0 aliphatic heterocycles. The Morgan fingerprint density at radius 2 is 1.64 bits per heavy atom. The largest absolute Gasteiger partial charge is 0.497 e. The van der Waals surface area contributed by atoms with Gasteiger partial charge in [0.2, 0.25) is 0 Å². The summed E-state index contributed by atoms with van der Waals surface area (Å²) in [4.78, 5) is 12.7. The zero-order valence-electron chi connectivity index (χ0n) is 17.8. The van der Waals surface area contributed by atoms with Gasteiger partial charge in [-0.25, -0.2) is 4.79 Å². The number of esters is 1. The first-order valence-electron chi connectivity index (χ1n) is 10.2. The van der Waals surface area contributed by atoms with Gasteiger partial charge in [-0.05, 0) is 65.5 Å². The van der Waals surface area contributed by atoms with E-state index in [-0.39, 0.29) is 0 Å². The topological polar surface area (TPSA) is 72.0 Å². The molecular weight excluding hydrogens is 434 g/mol. The number of methoxy groups -OCH3 is 1. The lowest BCUT2D eigenvalue weighted by atomic mass is 10.0. The summed E-state index contributed by atoms with van der Waals surface area (Å²) in [6.45, 7) is 0. The molecule has 4 aromatic carbocycles. The molecule has 0 saturated heterocycles. The number of ether oxygens (including phenoxy) is 2. The number of benzene rings is 4. The van der Waals surface area contributed by atoms with Gasteiger partial charge >= 0.3 is 5.97 Å². The Morgan fingerprint density at radius 1 is 0.909 bits per heavy atom. The minimum Gasteiger partial charge on any atom is -0.497 e. The van der Waals surface area contributed by atoms with E-state index >= 15 is 0 Å². The fourth-order valence-corrected chi connectivity index (χ4v) is 3.39. The third-order valence-corrected chi connectivity index (χ3v) is 5.04. The molecule has 7 heteroatoms. The number of anilines is 1. The van der Waals surface area contributed by atoms with Crippen LogP contribution in [0, 0.1) is 0 Å². The molecule has 0 atom stereocenters. The van der Waals surface area contributed by atoms with E-state index in [2.05, 4.69) is 15.8 Å². The zero-order chi connectivity index (χ0) is 23.0. The second-order valence-electron chi connectivity index (χ2n) is 7.01. The average Bonchev–Trinajstić information content (AvgIpc) is 2.85. The van der Waals surface area contributed by atoms with Gasteiger partial charge in [0, 0.05) is 11.3 Å². The highest BCUT2D eigenvalue weighted by atomic mass is 32.1. The van der Waals surface area contributed by atoms with Crippen LogP contribution >= 0.6 is 12.2 Å². The molecule has 33 heavy (non-hydrogen) atoms. The molecule has 2 N–H and O–H groups in total. The number of nitrogens with one attached hydrogen (secondary N) is 2. The van der Waals surface area contributed by atoms with Gasteiger partial charge in [0.25, 0.3) is 0 Å². The Balaban J connectivity index is 1.56. The van der Waals surface area contributed by atoms with Gasteiger partial charge in [0.05, 0.1) is 18.9 Å². The summed E-state index contributed by atoms with van der Waals surface area (Å²) in [5.41, 5.74) is 4.73. The smallest absolute Gasteiger partial charge is 0.343 e. The van der Waals surface area contributed by atoms with Crippen molar-refractivity contribution in [1.29, 1.82) is 0 Å². The average molecular weight is 456 g/mol. The Bertz CT molecular complexity index is 1310. The van der Waals surface area contributed by atoms with E-state index in [1.165, 1.54) is 0 Å². The molecule has 0 spiro atoms. The summed E-state index contributed by atoms with van der Waals surface area (Å²) in [5, 5.41) is 9.55. The fourth-order valence-electron chi connectivity index (χ4n) is 3.22. The molecule has 0 saturated carbocycles. The van der Waals surface area contributed by atoms with Gasteiger partial charge in [-0.3, -0.25) is 5.43 Å². The van der Waals surface area contributed by atoms with Crippen LogP contribution in [0.4, 0.5) is 5.69 Å². The van der Waals surface area contributed by atoms with E-state index in [0.717, 1.165) is 16.5 Å². The second-order valence-corrected chi connectivity index (χ2v) is 7.41. The number of nitrogens with zero attached hydrogens (tertiary/aromatic N) is 1. The Hall–Kier alpha value is -4.23. The molecule has 0 aliphatic carbocycles. The Morgan fingerprint density at radius 3 is 2.39 bits per heavy atom. The van der Waals surface area contributed by atoms with Crippen molar-refractivity contribution in [2.75, 3.05) is 12.4 Å². The van der Waals surface area contributed by atoms with E-state index < -0.39 is 5.97 Å². The highest BCUT2D eigenvalue weighted by molar-refractivity contribution is 7.80. The normalized spacial score (nSPS) is 10.7. The molecule has 0 heterocycles. The lowest BCUT2D eigenvalue weighted by Crippen LogP contribution is -2.23. The quantitative estimate of drug-likeness (QED) is 0.134. The van der Waals surface area contributed by atoms with Gasteiger partial charge in [-0.1, -0.05) is 48.5 Å². The monoisotopic (exact) mass is 455 g/mol. The number of carbonyl (C=O) groups is 1. The van der Waals surface area contributed by atoms with Gasteiger partial charge in [-0.2, -0.15) is 5.10 Å². The molecule has 164 valence electrons. The number of thiocarbonyl (C=S) groups is 1. The van der Waals surface area contributed by atoms with Gasteiger partial charge in [0.1, 0.15) is 11.5 Å². The molecule has 0 aromatic heterocycles. The zero-order valence-corrected chi connectivity index (χ0v) is 18.6. The van der Waals surface area contributed by atoms with E-state index in [4.69, 9.17) is 21.7 Å². The first-order chi connectivity index (χ1) is 16.1. The molecule has 0 amide bonds. The lowest BCUT2D eigenvalue weighted by Gasteiger charge is -2.11. The Kier molecular flexibility index (Phi) is 6.92. The standard InChI is InChI=1S/C26H21N3O3S/c1-31-21-14-11-19(12-15-21)25(30)32-24-16-13-18-7-5-6-10-22(18)23(24)17-27-29-26(33)28-20-8-3-2-4-9-20/h2-17H,1H3,(H2,28,29,33)/b27-17+. The molecule has 4 aromatic rings. The van der Waals surface area contributed by atoms with Crippen LogP contribution in [0.15, 0.2) is 96.1 Å². The van der Waals surface area contributed by atoms with E-state index in [0.29, 0.717) is 27.7 Å². The van der Waals surface area contributed by atoms with Crippen LogP contribution in [0.2, 0.25) is 0 Å².